The fraction of sp³-hybridized carbons (Fsp3) is 0.786. The quantitative estimate of drug-likeness (QED) is 0.782. The maximum Gasteiger partial charge on any atom is 0.324 e. The lowest BCUT2D eigenvalue weighted by Crippen LogP contribution is -2.52. The van der Waals surface area contributed by atoms with Gasteiger partial charge in [0.15, 0.2) is 0 Å². The molecular weight excluding hydrogens is 274 g/mol. The molecule has 2 N–H and O–H groups in total. The fourth-order valence-corrected chi connectivity index (χ4v) is 2.42. The molecule has 0 bridgehead atoms. The Hall–Kier alpha value is -1.63. The highest BCUT2D eigenvalue weighted by atomic mass is 16.4. The predicted octanol–water partition coefficient (Wildman–Crippen LogP) is 0.751. The van der Waals surface area contributed by atoms with Gasteiger partial charge in [-0.3, -0.25) is 14.9 Å². The summed E-state index contributed by atoms with van der Waals surface area (Å²) in [4.78, 5) is 38.4. The van der Waals surface area contributed by atoms with E-state index in [1.54, 1.807) is 18.7 Å². The van der Waals surface area contributed by atoms with Crippen molar-refractivity contribution in [3.05, 3.63) is 0 Å². The Labute approximate surface area is 125 Å². The van der Waals surface area contributed by atoms with Crippen molar-refractivity contribution in [3.8, 4) is 0 Å². The maximum atomic E-state index is 12.0. The molecule has 1 heterocycles. The van der Waals surface area contributed by atoms with Crippen LogP contribution in [0.25, 0.3) is 0 Å². The lowest BCUT2D eigenvalue weighted by Gasteiger charge is -2.34. The third-order valence-electron chi connectivity index (χ3n) is 3.62. The van der Waals surface area contributed by atoms with Gasteiger partial charge in [0, 0.05) is 32.6 Å². The molecule has 7 nitrogen and oxygen atoms in total. The summed E-state index contributed by atoms with van der Waals surface area (Å²) in [6, 6.07) is -0.387. The number of rotatable bonds is 5. The molecule has 0 aliphatic carbocycles. The number of imide groups is 1. The van der Waals surface area contributed by atoms with Crippen LogP contribution in [0.15, 0.2) is 0 Å². The van der Waals surface area contributed by atoms with Gasteiger partial charge in [0.2, 0.25) is 5.91 Å². The average Bonchev–Trinajstić information content (AvgIpc) is 2.36. The number of carboxylic acid groups (broad SMARTS) is 1. The normalized spacial score (nSPS) is 16.6. The zero-order valence-corrected chi connectivity index (χ0v) is 13.0. The average molecular weight is 299 g/mol. The molecule has 0 aromatic rings. The monoisotopic (exact) mass is 299 g/mol. The van der Waals surface area contributed by atoms with Crippen LogP contribution < -0.4 is 5.32 Å². The minimum atomic E-state index is -0.949. The molecule has 0 saturated carbocycles. The van der Waals surface area contributed by atoms with Crippen LogP contribution in [0.1, 0.15) is 33.6 Å². The molecule has 1 fully saturated rings. The van der Waals surface area contributed by atoms with Gasteiger partial charge < -0.3 is 14.9 Å². The molecule has 7 heteroatoms. The number of amides is 3. The summed E-state index contributed by atoms with van der Waals surface area (Å²) >= 11 is 0. The Kier molecular flexibility index (Phi) is 6.14. The van der Waals surface area contributed by atoms with Crippen LogP contribution in [0.2, 0.25) is 0 Å². The summed E-state index contributed by atoms with van der Waals surface area (Å²) in [5.74, 6) is -1.38. The molecular formula is C14H25N3O4. The van der Waals surface area contributed by atoms with Crippen LogP contribution in [0.4, 0.5) is 4.79 Å². The number of likely N-dealkylation sites (N-methyl/N-ethyl adjacent to an activating group) is 1. The molecule has 1 aliphatic heterocycles. The van der Waals surface area contributed by atoms with E-state index in [4.69, 9.17) is 5.11 Å². The van der Waals surface area contributed by atoms with Crippen molar-refractivity contribution in [2.45, 2.75) is 33.6 Å². The van der Waals surface area contributed by atoms with Gasteiger partial charge in [-0.15, -0.1) is 0 Å². The van der Waals surface area contributed by atoms with E-state index < -0.39 is 17.3 Å². The second kappa shape index (κ2) is 7.40. The van der Waals surface area contributed by atoms with Gasteiger partial charge in [-0.25, -0.2) is 4.79 Å². The number of aliphatic carboxylic acids is 1. The first-order valence-electron chi connectivity index (χ1n) is 7.26. The van der Waals surface area contributed by atoms with Gasteiger partial charge in [0.1, 0.15) is 0 Å². The van der Waals surface area contributed by atoms with Gasteiger partial charge in [-0.1, -0.05) is 20.8 Å². The number of carboxylic acids is 1. The highest BCUT2D eigenvalue weighted by Crippen LogP contribution is 2.24. The number of hydrogen-bond donors (Lipinski definition) is 2. The molecule has 0 spiro atoms. The van der Waals surface area contributed by atoms with Crippen LogP contribution in [0, 0.1) is 5.41 Å². The fourth-order valence-electron chi connectivity index (χ4n) is 2.42. The van der Waals surface area contributed by atoms with E-state index in [1.807, 2.05) is 0 Å². The zero-order valence-electron chi connectivity index (χ0n) is 13.0. The summed E-state index contributed by atoms with van der Waals surface area (Å²) in [5.41, 5.74) is -0.670. The number of carbonyl (C=O) groups excluding carboxylic acids is 2. The summed E-state index contributed by atoms with van der Waals surface area (Å²) in [7, 11) is 0. The Bertz CT molecular complexity index is 401. The summed E-state index contributed by atoms with van der Waals surface area (Å²) in [5, 5.41) is 11.1. The van der Waals surface area contributed by atoms with E-state index in [2.05, 4.69) is 17.1 Å². The van der Waals surface area contributed by atoms with Crippen molar-refractivity contribution in [3.63, 3.8) is 0 Å². The molecule has 1 rings (SSSR count). The molecule has 0 unspecified atom stereocenters. The van der Waals surface area contributed by atoms with Crippen LogP contribution in [0.3, 0.4) is 0 Å². The predicted molar refractivity (Wildman–Crippen MR) is 77.9 cm³/mol. The first-order valence-corrected chi connectivity index (χ1v) is 7.26. The highest BCUT2D eigenvalue weighted by molar-refractivity contribution is 5.94. The number of urea groups is 1. The molecule has 21 heavy (non-hydrogen) atoms. The largest absolute Gasteiger partial charge is 0.481 e. The number of piperazine rings is 1. The van der Waals surface area contributed by atoms with Gasteiger partial charge >= 0.3 is 12.0 Å². The second-order valence-electron chi connectivity index (χ2n) is 6.19. The standard InChI is InChI=1S/C14H25N3O4/c1-4-16-5-7-17(8-6-16)13(21)15-11(18)9-14(2,3)10-12(19)20/h4-10H2,1-3H3,(H,19,20)(H,15,18,21). The molecule has 0 aromatic carbocycles. The Morgan fingerprint density at radius 2 is 1.67 bits per heavy atom. The number of nitrogens with zero attached hydrogens (tertiary/aromatic N) is 2. The summed E-state index contributed by atoms with van der Waals surface area (Å²) in [6.07, 6.45) is -0.0935. The van der Waals surface area contributed by atoms with Gasteiger partial charge in [0.25, 0.3) is 0 Å². The Morgan fingerprint density at radius 1 is 1.10 bits per heavy atom. The van der Waals surface area contributed by atoms with E-state index in [0.29, 0.717) is 13.1 Å². The zero-order chi connectivity index (χ0) is 16.0. The van der Waals surface area contributed by atoms with Crippen molar-refractivity contribution < 1.29 is 19.5 Å². The van der Waals surface area contributed by atoms with Crippen LogP contribution in [-0.2, 0) is 9.59 Å². The number of carbonyl (C=O) groups is 3. The minimum absolute atomic E-state index is 0.0139. The van der Waals surface area contributed by atoms with E-state index in [9.17, 15) is 14.4 Å². The Balaban J connectivity index is 2.41. The van der Waals surface area contributed by atoms with Crippen LogP contribution >= 0.6 is 0 Å². The molecule has 0 atom stereocenters. The van der Waals surface area contributed by atoms with E-state index in [0.717, 1.165) is 19.6 Å². The Morgan fingerprint density at radius 3 is 2.14 bits per heavy atom. The molecule has 0 radical (unpaired) electrons. The smallest absolute Gasteiger partial charge is 0.324 e. The van der Waals surface area contributed by atoms with Gasteiger partial charge in [-0.05, 0) is 12.0 Å². The minimum Gasteiger partial charge on any atom is -0.481 e. The highest BCUT2D eigenvalue weighted by Gasteiger charge is 2.27. The maximum absolute atomic E-state index is 12.0. The summed E-state index contributed by atoms with van der Waals surface area (Å²) < 4.78 is 0. The van der Waals surface area contributed by atoms with E-state index in [1.165, 1.54) is 0 Å². The van der Waals surface area contributed by atoms with Crippen molar-refractivity contribution in [1.29, 1.82) is 0 Å². The lowest BCUT2D eigenvalue weighted by molar-refractivity contribution is -0.139. The molecule has 3 amide bonds. The number of hydrogen-bond acceptors (Lipinski definition) is 4. The van der Waals surface area contributed by atoms with Gasteiger partial charge in [-0.2, -0.15) is 0 Å². The lowest BCUT2D eigenvalue weighted by atomic mass is 9.85. The third-order valence-corrected chi connectivity index (χ3v) is 3.62. The van der Waals surface area contributed by atoms with Crippen LogP contribution in [0.5, 0.6) is 0 Å². The van der Waals surface area contributed by atoms with Crippen molar-refractivity contribution in [1.82, 2.24) is 15.1 Å². The first-order chi connectivity index (χ1) is 9.73. The topological polar surface area (TPSA) is 90.0 Å². The number of nitrogens with one attached hydrogen (secondary N) is 1. The van der Waals surface area contributed by atoms with Crippen LogP contribution in [-0.4, -0.2) is 65.5 Å². The third kappa shape index (κ3) is 6.12. The van der Waals surface area contributed by atoms with E-state index >= 15 is 0 Å². The van der Waals surface area contributed by atoms with E-state index in [-0.39, 0.29) is 18.9 Å². The molecule has 0 aromatic heterocycles. The molecule has 1 aliphatic rings. The second-order valence-corrected chi connectivity index (χ2v) is 6.19. The van der Waals surface area contributed by atoms with Gasteiger partial charge in [0.05, 0.1) is 6.42 Å². The molecule has 120 valence electrons. The van der Waals surface area contributed by atoms with Crippen molar-refractivity contribution in [2.24, 2.45) is 5.41 Å². The SMILES string of the molecule is CCN1CCN(C(=O)NC(=O)CC(C)(C)CC(=O)O)CC1. The summed E-state index contributed by atoms with van der Waals surface area (Å²) in [6.45, 7) is 9.25. The molecule has 1 saturated heterocycles. The van der Waals surface area contributed by atoms with Crippen molar-refractivity contribution in [2.75, 3.05) is 32.7 Å². The first kappa shape index (κ1) is 17.4. The van der Waals surface area contributed by atoms with Crippen molar-refractivity contribution >= 4 is 17.9 Å².